The lowest BCUT2D eigenvalue weighted by atomic mass is 9.84. The number of ketones is 1. The molecule has 4 aromatic rings. The lowest BCUT2D eigenvalue weighted by Crippen LogP contribution is -2.11. The van der Waals surface area contributed by atoms with Crippen molar-refractivity contribution in [2.45, 2.75) is 56.7 Å². The third-order valence-corrected chi connectivity index (χ3v) is 7.92. The van der Waals surface area contributed by atoms with Crippen molar-refractivity contribution < 1.29 is 14.3 Å². The number of hydrazone groups is 1. The maximum Gasteiger partial charge on any atom is 0.202 e. The Hall–Kier alpha value is -4.11. The number of nitrogens with one attached hydrogen (secondary N) is 1. The summed E-state index contributed by atoms with van der Waals surface area (Å²) in [5, 5.41) is 13.9. The van der Waals surface area contributed by atoms with Gasteiger partial charge in [0.1, 0.15) is 18.1 Å². The van der Waals surface area contributed by atoms with Gasteiger partial charge in [0.25, 0.3) is 0 Å². The van der Waals surface area contributed by atoms with Gasteiger partial charge in [-0.25, -0.2) is 0 Å². The number of para-hydroxylation sites is 1. The molecule has 9 heteroatoms. The molecular formula is C31H33N5O3S. The second-order valence-electron chi connectivity index (χ2n) is 9.68. The first-order valence-electron chi connectivity index (χ1n) is 13.5. The van der Waals surface area contributed by atoms with Crippen LogP contribution in [0.25, 0.3) is 5.69 Å². The Balaban J connectivity index is 1.33. The summed E-state index contributed by atoms with van der Waals surface area (Å²) in [6.07, 6.45) is 6.50. The van der Waals surface area contributed by atoms with E-state index in [0.29, 0.717) is 16.9 Å². The Morgan fingerprint density at radius 1 is 0.950 bits per heavy atom. The molecule has 0 spiro atoms. The fourth-order valence-corrected chi connectivity index (χ4v) is 5.55. The van der Waals surface area contributed by atoms with Crippen molar-refractivity contribution in [2.24, 2.45) is 5.10 Å². The van der Waals surface area contributed by atoms with Gasteiger partial charge in [0.15, 0.2) is 16.7 Å². The van der Waals surface area contributed by atoms with Crippen LogP contribution in [0.2, 0.25) is 0 Å². The van der Waals surface area contributed by atoms with Crippen molar-refractivity contribution in [1.82, 2.24) is 14.8 Å². The number of rotatable bonds is 10. The molecule has 0 radical (unpaired) electrons. The van der Waals surface area contributed by atoms with Crippen LogP contribution in [-0.4, -0.2) is 32.7 Å². The number of carbonyl (C=O) groups excluding carboxylic acids is 1. The molecule has 1 aromatic heterocycles. The molecule has 1 N–H and O–H groups in total. The average Bonchev–Trinajstić information content (AvgIpc) is 3.41. The molecule has 206 valence electrons. The summed E-state index contributed by atoms with van der Waals surface area (Å²) < 4.78 is 13.2. The van der Waals surface area contributed by atoms with Gasteiger partial charge < -0.3 is 9.47 Å². The normalized spacial score (nSPS) is 14.1. The summed E-state index contributed by atoms with van der Waals surface area (Å²) in [5.41, 5.74) is 5.93. The van der Waals surface area contributed by atoms with Crippen molar-refractivity contribution in [3.8, 4) is 17.2 Å². The minimum Gasteiger partial charge on any atom is -0.497 e. The molecule has 0 unspecified atom stereocenters. The molecule has 1 heterocycles. The highest BCUT2D eigenvalue weighted by Gasteiger charge is 2.20. The number of ether oxygens (including phenoxy) is 2. The number of hydrogen-bond acceptors (Lipinski definition) is 8. The predicted octanol–water partition coefficient (Wildman–Crippen LogP) is 7.01. The quantitative estimate of drug-likeness (QED) is 0.0974. The number of hydrogen-bond donors (Lipinski definition) is 1. The van der Waals surface area contributed by atoms with Gasteiger partial charge in [-0.2, -0.15) is 5.10 Å². The smallest absolute Gasteiger partial charge is 0.202 e. The van der Waals surface area contributed by atoms with Crippen LogP contribution >= 0.6 is 11.8 Å². The largest absolute Gasteiger partial charge is 0.497 e. The Morgan fingerprint density at radius 2 is 1.65 bits per heavy atom. The van der Waals surface area contributed by atoms with Crippen molar-refractivity contribution in [1.29, 1.82) is 0 Å². The molecule has 0 amide bonds. The van der Waals surface area contributed by atoms with E-state index < -0.39 is 0 Å². The highest BCUT2D eigenvalue weighted by Crippen LogP contribution is 2.33. The first kappa shape index (κ1) is 27.5. The number of anilines is 1. The van der Waals surface area contributed by atoms with E-state index in [1.165, 1.54) is 44.6 Å². The van der Waals surface area contributed by atoms with Gasteiger partial charge in [0.05, 0.1) is 12.8 Å². The van der Waals surface area contributed by atoms with Gasteiger partial charge in [0, 0.05) is 12.6 Å². The minimum atomic E-state index is -0.190. The zero-order valence-corrected chi connectivity index (χ0v) is 23.6. The highest BCUT2D eigenvalue weighted by atomic mass is 32.2. The number of methoxy groups -OCH3 is 1. The van der Waals surface area contributed by atoms with Crippen LogP contribution in [0.3, 0.4) is 0 Å². The Morgan fingerprint density at radius 3 is 2.33 bits per heavy atom. The van der Waals surface area contributed by atoms with Crippen molar-refractivity contribution >= 4 is 28.3 Å². The molecule has 5 rings (SSSR count). The predicted molar refractivity (Wildman–Crippen MR) is 159 cm³/mol. The number of Topliss-reactive ketones (excluding diaryl/α,β-unsaturated/α-hetero) is 1. The molecule has 1 saturated carbocycles. The number of carbonyl (C=O) groups is 1. The molecule has 0 aliphatic heterocycles. The average molecular weight is 556 g/mol. The van der Waals surface area contributed by atoms with E-state index in [2.05, 4.69) is 32.9 Å². The zero-order valence-electron chi connectivity index (χ0n) is 22.7. The Bertz CT molecular complexity index is 1430. The molecule has 0 atom stereocenters. The standard InChI is InChI=1S/C31H33N5O3S/c1-22(37)30(34-32-25-15-19-27(38-2)20-16-25)40-31-35-33-29(36(31)26-11-7-4-8-12-26)21-39-28-17-13-24(14-18-28)23-9-5-3-6-10-23/h4,7-8,11-20,23,32H,3,5-6,9-10,21H2,1-2H3. The maximum atomic E-state index is 12.5. The van der Waals surface area contributed by atoms with Crippen molar-refractivity contribution in [3.05, 3.63) is 90.3 Å². The van der Waals surface area contributed by atoms with E-state index in [0.717, 1.165) is 34.6 Å². The van der Waals surface area contributed by atoms with E-state index in [1.54, 1.807) is 7.11 Å². The highest BCUT2D eigenvalue weighted by molar-refractivity contribution is 8.15. The van der Waals surface area contributed by atoms with Crippen LogP contribution in [0.4, 0.5) is 5.69 Å². The van der Waals surface area contributed by atoms with E-state index in [4.69, 9.17) is 9.47 Å². The van der Waals surface area contributed by atoms with Crippen LogP contribution in [0, 0.1) is 0 Å². The minimum absolute atomic E-state index is 0.190. The molecule has 8 nitrogen and oxygen atoms in total. The summed E-state index contributed by atoms with van der Waals surface area (Å²) in [5.74, 6) is 2.60. The number of aromatic nitrogens is 3. The summed E-state index contributed by atoms with van der Waals surface area (Å²) >= 11 is 1.15. The molecule has 1 aliphatic carbocycles. The Labute approximate surface area is 238 Å². The number of benzene rings is 3. The molecule has 0 bridgehead atoms. The van der Waals surface area contributed by atoms with Gasteiger partial charge in [-0.15, -0.1) is 10.2 Å². The molecular weight excluding hydrogens is 522 g/mol. The van der Waals surface area contributed by atoms with E-state index >= 15 is 0 Å². The van der Waals surface area contributed by atoms with Crippen LogP contribution in [0.15, 0.2) is 89.1 Å². The molecule has 3 aromatic carbocycles. The monoisotopic (exact) mass is 555 g/mol. The van der Waals surface area contributed by atoms with Crippen LogP contribution in [0.1, 0.15) is 56.3 Å². The zero-order chi connectivity index (χ0) is 27.7. The van der Waals surface area contributed by atoms with Crippen LogP contribution < -0.4 is 14.9 Å². The first-order chi connectivity index (χ1) is 19.6. The van der Waals surface area contributed by atoms with Crippen LogP contribution in [0.5, 0.6) is 11.5 Å². The van der Waals surface area contributed by atoms with Crippen molar-refractivity contribution in [3.63, 3.8) is 0 Å². The van der Waals surface area contributed by atoms with Gasteiger partial charge in [-0.1, -0.05) is 49.6 Å². The summed E-state index contributed by atoms with van der Waals surface area (Å²) in [7, 11) is 1.61. The third kappa shape index (κ3) is 6.90. The summed E-state index contributed by atoms with van der Waals surface area (Å²) in [6.45, 7) is 1.70. The lowest BCUT2D eigenvalue weighted by Gasteiger charge is -2.22. The topological polar surface area (TPSA) is 90.6 Å². The van der Waals surface area contributed by atoms with Gasteiger partial charge in [0.2, 0.25) is 5.16 Å². The van der Waals surface area contributed by atoms with E-state index in [-0.39, 0.29) is 17.4 Å². The molecule has 1 aliphatic rings. The summed E-state index contributed by atoms with van der Waals surface area (Å²) in [4.78, 5) is 12.5. The lowest BCUT2D eigenvalue weighted by molar-refractivity contribution is -0.110. The second kappa shape index (κ2) is 13.3. The number of nitrogens with zero attached hydrogens (tertiary/aromatic N) is 4. The first-order valence-corrected chi connectivity index (χ1v) is 14.3. The van der Waals surface area contributed by atoms with Crippen molar-refractivity contribution in [2.75, 3.05) is 12.5 Å². The fraction of sp³-hybridized carbons (Fsp3) is 0.290. The molecule has 40 heavy (non-hydrogen) atoms. The van der Waals surface area contributed by atoms with Gasteiger partial charge in [-0.3, -0.25) is 14.8 Å². The third-order valence-electron chi connectivity index (χ3n) is 6.91. The van der Waals surface area contributed by atoms with Gasteiger partial charge in [-0.05, 0) is 84.6 Å². The molecule has 0 saturated heterocycles. The Kier molecular flexibility index (Phi) is 9.13. The van der Waals surface area contributed by atoms with Crippen LogP contribution in [-0.2, 0) is 11.4 Å². The SMILES string of the molecule is COc1ccc(NN=C(Sc2nnc(COc3ccc(C4CCCCC4)cc3)n2-c2ccccc2)C(C)=O)cc1. The van der Waals surface area contributed by atoms with E-state index in [1.807, 2.05) is 71.3 Å². The fourth-order valence-electron chi connectivity index (χ4n) is 4.76. The molecule has 1 fully saturated rings. The van der Waals surface area contributed by atoms with E-state index in [9.17, 15) is 4.79 Å². The second-order valence-corrected chi connectivity index (χ2v) is 10.6. The van der Waals surface area contributed by atoms with Gasteiger partial charge >= 0.3 is 0 Å². The number of thioether (sulfide) groups is 1. The summed E-state index contributed by atoms with van der Waals surface area (Å²) in [6, 6.07) is 25.5. The maximum absolute atomic E-state index is 12.5.